The predicted molar refractivity (Wildman–Crippen MR) is 76.5 cm³/mol. The summed E-state index contributed by atoms with van der Waals surface area (Å²) in [6.07, 6.45) is 1.07. The smallest absolute Gasteiger partial charge is 0.252 e. The molecule has 19 heavy (non-hydrogen) atoms. The normalized spacial score (nSPS) is 29.6. The highest BCUT2D eigenvalue weighted by Crippen LogP contribution is 2.33. The Morgan fingerprint density at radius 3 is 2.63 bits per heavy atom. The second-order valence-corrected chi connectivity index (χ2v) is 8.80. The maximum Gasteiger partial charge on any atom is 0.252 e. The minimum Gasteiger partial charge on any atom is -0.391 e. The molecule has 1 aliphatic heterocycles. The first-order chi connectivity index (χ1) is 8.86. The van der Waals surface area contributed by atoms with Gasteiger partial charge in [0.2, 0.25) is 0 Å². The van der Waals surface area contributed by atoms with Crippen LogP contribution in [-0.2, 0) is 16.6 Å². The van der Waals surface area contributed by atoms with E-state index in [1.165, 1.54) is 0 Å². The van der Waals surface area contributed by atoms with Crippen LogP contribution in [0.25, 0.3) is 0 Å². The van der Waals surface area contributed by atoms with Gasteiger partial charge in [0.05, 0.1) is 6.61 Å². The molecule has 0 aliphatic carbocycles. The lowest BCUT2D eigenvalue weighted by molar-refractivity contribution is 0.157. The van der Waals surface area contributed by atoms with E-state index in [1.54, 1.807) is 16.4 Å². The second kappa shape index (κ2) is 5.52. The average molecular weight is 303 g/mol. The molecule has 0 radical (unpaired) electrons. The Labute approximate surface area is 119 Å². The Kier molecular flexibility index (Phi) is 4.35. The maximum atomic E-state index is 12.7. The van der Waals surface area contributed by atoms with E-state index in [0.29, 0.717) is 27.5 Å². The Balaban J connectivity index is 2.32. The molecule has 1 fully saturated rings. The molecule has 2 rings (SSSR count). The lowest BCUT2D eigenvalue weighted by Gasteiger charge is -2.39. The molecule has 1 aliphatic rings. The van der Waals surface area contributed by atoms with E-state index < -0.39 is 10.0 Å². The zero-order valence-corrected chi connectivity index (χ0v) is 13.2. The summed E-state index contributed by atoms with van der Waals surface area (Å²) in [5.41, 5.74) is 0. The predicted octanol–water partition coefficient (Wildman–Crippen LogP) is 2.30. The monoisotopic (exact) mass is 303 g/mol. The van der Waals surface area contributed by atoms with Crippen molar-refractivity contribution in [2.24, 2.45) is 11.8 Å². The zero-order chi connectivity index (χ0) is 14.2. The first-order valence-electron chi connectivity index (χ1n) is 6.57. The molecule has 2 heterocycles. The number of rotatable bonds is 3. The van der Waals surface area contributed by atoms with Crippen molar-refractivity contribution in [3.63, 3.8) is 0 Å². The highest BCUT2D eigenvalue weighted by Gasteiger charge is 2.37. The van der Waals surface area contributed by atoms with Crippen LogP contribution >= 0.6 is 11.3 Å². The Bertz CT molecular complexity index is 538. The molecule has 6 heteroatoms. The SMILES string of the molecule is CC1CC(C)C(C)N(S(=O)(=O)c2ccc(CO)s2)C1. The van der Waals surface area contributed by atoms with Gasteiger partial charge in [-0.15, -0.1) is 11.3 Å². The van der Waals surface area contributed by atoms with Crippen molar-refractivity contribution < 1.29 is 13.5 Å². The van der Waals surface area contributed by atoms with E-state index in [0.717, 1.165) is 17.8 Å². The molecular weight excluding hydrogens is 282 g/mol. The molecule has 4 nitrogen and oxygen atoms in total. The van der Waals surface area contributed by atoms with E-state index in [4.69, 9.17) is 5.11 Å². The number of aliphatic hydroxyl groups is 1. The molecule has 0 aromatic carbocycles. The number of thiophene rings is 1. The van der Waals surface area contributed by atoms with Crippen molar-refractivity contribution in [1.82, 2.24) is 4.31 Å². The van der Waals surface area contributed by atoms with Crippen LogP contribution in [0.15, 0.2) is 16.3 Å². The highest BCUT2D eigenvalue weighted by atomic mass is 32.2. The fourth-order valence-corrected chi connectivity index (χ4v) is 5.87. The van der Waals surface area contributed by atoms with Gasteiger partial charge < -0.3 is 5.11 Å². The second-order valence-electron chi connectivity index (χ2n) is 5.51. The van der Waals surface area contributed by atoms with Gasteiger partial charge >= 0.3 is 0 Å². The van der Waals surface area contributed by atoms with Crippen LogP contribution in [0.1, 0.15) is 32.1 Å². The van der Waals surface area contributed by atoms with Gasteiger partial charge in [0.1, 0.15) is 4.21 Å². The van der Waals surface area contributed by atoms with Crippen molar-refractivity contribution in [3.05, 3.63) is 17.0 Å². The molecule has 1 aromatic rings. The van der Waals surface area contributed by atoms with Crippen molar-refractivity contribution in [1.29, 1.82) is 0 Å². The average Bonchev–Trinajstić information content (AvgIpc) is 2.83. The third-order valence-corrected chi connectivity index (χ3v) is 7.39. The van der Waals surface area contributed by atoms with Gasteiger partial charge in [0.25, 0.3) is 10.0 Å². The molecular formula is C13H21NO3S2. The lowest BCUT2D eigenvalue weighted by Crippen LogP contribution is -2.48. The van der Waals surface area contributed by atoms with Gasteiger partial charge in [-0.05, 0) is 37.3 Å². The number of sulfonamides is 1. The highest BCUT2D eigenvalue weighted by molar-refractivity contribution is 7.91. The minimum absolute atomic E-state index is 0.0286. The van der Waals surface area contributed by atoms with Crippen LogP contribution in [0, 0.1) is 11.8 Å². The summed E-state index contributed by atoms with van der Waals surface area (Å²) in [5, 5.41) is 9.07. The van der Waals surface area contributed by atoms with Crippen molar-refractivity contribution in [2.45, 2.75) is 44.0 Å². The number of aliphatic hydroxyl groups excluding tert-OH is 1. The Morgan fingerprint density at radius 1 is 1.37 bits per heavy atom. The first-order valence-corrected chi connectivity index (χ1v) is 8.83. The van der Waals surface area contributed by atoms with E-state index in [1.807, 2.05) is 6.92 Å². The lowest BCUT2D eigenvalue weighted by atomic mass is 9.88. The third kappa shape index (κ3) is 2.86. The van der Waals surface area contributed by atoms with Crippen LogP contribution < -0.4 is 0 Å². The van der Waals surface area contributed by atoms with Gasteiger partial charge in [0, 0.05) is 17.5 Å². The molecule has 0 saturated carbocycles. The molecule has 0 spiro atoms. The summed E-state index contributed by atoms with van der Waals surface area (Å²) in [6, 6.07) is 3.31. The molecule has 1 N–H and O–H groups in total. The van der Waals surface area contributed by atoms with E-state index in [9.17, 15) is 8.42 Å². The van der Waals surface area contributed by atoms with E-state index in [-0.39, 0.29) is 12.6 Å². The number of piperidine rings is 1. The van der Waals surface area contributed by atoms with Crippen molar-refractivity contribution in [2.75, 3.05) is 6.54 Å². The summed E-state index contributed by atoms with van der Waals surface area (Å²) in [5.74, 6) is 0.758. The van der Waals surface area contributed by atoms with E-state index in [2.05, 4.69) is 13.8 Å². The number of nitrogens with zero attached hydrogens (tertiary/aromatic N) is 1. The molecule has 1 saturated heterocycles. The maximum absolute atomic E-state index is 12.7. The van der Waals surface area contributed by atoms with Crippen LogP contribution in [0.3, 0.4) is 0 Å². The summed E-state index contributed by atoms with van der Waals surface area (Å²) in [4.78, 5) is 0.685. The fourth-order valence-electron chi connectivity index (χ4n) is 2.68. The first kappa shape index (κ1) is 15.0. The third-order valence-electron chi connectivity index (χ3n) is 3.90. The number of hydrogen-bond acceptors (Lipinski definition) is 4. The Morgan fingerprint density at radius 2 is 2.05 bits per heavy atom. The van der Waals surface area contributed by atoms with Crippen molar-refractivity contribution >= 4 is 21.4 Å². The molecule has 0 bridgehead atoms. The van der Waals surface area contributed by atoms with Crippen LogP contribution in [-0.4, -0.2) is 30.4 Å². The topological polar surface area (TPSA) is 57.6 Å². The summed E-state index contributed by atoms with van der Waals surface area (Å²) in [6.45, 7) is 6.66. The van der Waals surface area contributed by atoms with Gasteiger partial charge in [-0.25, -0.2) is 8.42 Å². The quantitative estimate of drug-likeness (QED) is 0.932. The standard InChI is InChI=1S/C13H21NO3S2/c1-9-6-10(2)11(3)14(7-9)19(16,17)13-5-4-12(8-15)18-13/h4-5,9-11,15H,6-8H2,1-3H3. The van der Waals surface area contributed by atoms with E-state index >= 15 is 0 Å². The molecule has 1 aromatic heterocycles. The summed E-state index contributed by atoms with van der Waals surface area (Å²) < 4.78 is 27.3. The molecule has 0 amide bonds. The fraction of sp³-hybridized carbons (Fsp3) is 0.692. The molecule has 3 unspecified atom stereocenters. The van der Waals surface area contributed by atoms with Gasteiger partial charge in [-0.2, -0.15) is 4.31 Å². The summed E-state index contributed by atoms with van der Waals surface area (Å²) in [7, 11) is -3.43. The van der Waals surface area contributed by atoms with Gasteiger partial charge in [-0.1, -0.05) is 13.8 Å². The van der Waals surface area contributed by atoms with Crippen LogP contribution in [0.5, 0.6) is 0 Å². The van der Waals surface area contributed by atoms with Gasteiger partial charge in [0.15, 0.2) is 0 Å². The molecule has 3 atom stereocenters. The summed E-state index contributed by atoms with van der Waals surface area (Å²) >= 11 is 1.16. The van der Waals surface area contributed by atoms with Crippen LogP contribution in [0.2, 0.25) is 0 Å². The molecule has 108 valence electrons. The largest absolute Gasteiger partial charge is 0.391 e. The zero-order valence-electron chi connectivity index (χ0n) is 11.5. The Hall–Kier alpha value is -0.430. The van der Waals surface area contributed by atoms with Crippen molar-refractivity contribution in [3.8, 4) is 0 Å². The van der Waals surface area contributed by atoms with Gasteiger partial charge in [-0.3, -0.25) is 0 Å². The number of hydrogen-bond donors (Lipinski definition) is 1. The van der Waals surface area contributed by atoms with Crippen LogP contribution in [0.4, 0.5) is 0 Å². The minimum atomic E-state index is -3.43.